The maximum atomic E-state index is 5.38. The SMILES string of the molecule is C/C(CCCCCCCC/C(C)=N\NC(=S)NC1CCCCC1)=N/NC(=S)NC1CCCCC1. The molecular formula is C26H48N6S2. The van der Waals surface area contributed by atoms with Crippen LogP contribution in [0.25, 0.3) is 0 Å². The van der Waals surface area contributed by atoms with E-state index in [0.717, 1.165) is 24.3 Å². The van der Waals surface area contributed by atoms with Crippen molar-refractivity contribution in [2.75, 3.05) is 0 Å². The fourth-order valence-corrected chi connectivity index (χ4v) is 5.23. The second-order valence-corrected chi connectivity index (χ2v) is 11.0. The Bertz CT molecular complexity index is 596. The van der Waals surface area contributed by atoms with Gasteiger partial charge in [-0.3, -0.25) is 10.9 Å². The van der Waals surface area contributed by atoms with Crippen LogP contribution in [0.3, 0.4) is 0 Å². The van der Waals surface area contributed by atoms with E-state index in [4.69, 9.17) is 24.4 Å². The number of nitrogens with zero attached hydrogens (tertiary/aromatic N) is 2. The van der Waals surface area contributed by atoms with Gasteiger partial charge in [-0.25, -0.2) is 0 Å². The van der Waals surface area contributed by atoms with Gasteiger partial charge in [0.25, 0.3) is 0 Å². The first kappa shape index (κ1) is 29.0. The second kappa shape index (κ2) is 18.1. The summed E-state index contributed by atoms with van der Waals surface area (Å²) < 4.78 is 0. The molecule has 2 aliphatic carbocycles. The van der Waals surface area contributed by atoms with E-state index >= 15 is 0 Å². The standard InChI is InChI=1S/C26H48N6S2/c1-21(29-31-25(33)27-23-17-11-7-12-18-23)15-9-5-3-4-6-10-16-22(2)30-32-26(34)28-24-19-13-8-14-20-24/h23-24H,3-20H2,1-2H3,(H2,27,31,33)(H2,28,32,34)/b29-21-,30-22-. The topological polar surface area (TPSA) is 72.8 Å². The van der Waals surface area contributed by atoms with Crippen LogP contribution in [0, 0.1) is 0 Å². The van der Waals surface area contributed by atoms with Crippen molar-refractivity contribution < 1.29 is 0 Å². The molecule has 0 atom stereocenters. The molecular weight excluding hydrogens is 460 g/mol. The van der Waals surface area contributed by atoms with Crippen LogP contribution in [0.2, 0.25) is 0 Å². The lowest BCUT2D eigenvalue weighted by molar-refractivity contribution is 0.412. The Morgan fingerprint density at radius 2 is 0.941 bits per heavy atom. The highest BCUT2D eigenvalue weighted by Gasteiger charge is 2.14. The first-order chi connectivity index (χ1) is 16.5. The fourth-order valence-electron chi connectivity index (χ4n) is 4.80. The Hall–Kier alpha value is -1.28. The molecule has 0 aromatic carbocycles. The van der Waals surface area contributed by atoms with Gasteiger partial charge in [-0.05, 0) is 89.6 Å². The molecule has 0 radical (unpaired) electrons. The van der Waals surface area contributed by atoms with Crippen LogP contribution in [0.4, 0.5) is 0 Å². The van der Waals surface area contributed by atoms with Gasteiger partial charge in [0, 0.05) is 23.5 Å². The van der Waals surface area contributed by atoms with E-state index in [1.165, 1.54) is 103 Å². The molecule has 0 aliphatic heterocycles. The molecule has 4 N–H and O–H groups in total. The van der Waals surface area contributed by atoms with Gasteiger partial charge in [-0.2, -0.15) is 10.2 Å². The predicted molar refractivity (Wildman–Crippen MR) is 155 cm³/mol. The third kappa shape index (κ3) is 14.2. The molecule has 2 saturated carbocycles. The summed E-state index contributed by atoms with van der Waals surface area (Å²) in [6.07, 6.45) is 22.3. The normalized spacial score (nSPS) is 18.4. The van der Waals surface area contributed by atoms with Crippen LogP contribution >= 0.6 is 24.4 Å². The molecule has 34 heavy (non-hydrogen) atoms. The van der Waals surface area contributed by atoms with E-state index in [2.05, 4.69) is 45.5 Å². The van der Waals surface area contributed by atoms with E-state index in [-0.39, 0.29) is 0 Å². The summed E-state index contributed by atoms with van der Waals surface area (Å²) in [4.78, 5) is 0. The Morgan fingerprint density at radius 3 is 1.32 bits per heavy atom. The van der Waals surface area contributed by atoms with E-state index in [9.17, 15) is 0 Å². The molecule has 0 amide bonds. The average molecular weight is 509 g/mol. The molecule has 2 fully saturated rings. The Morgan fingerprint density at radius 1 is 0.588 bits per heavy atom. The molecule has 0 unspecified atom stereocenters. The predicted octanol–water partition coefficient (Wildman–Crippen LogP) is 6.45. The molecule has 0 spiro atoms. The minimum atomic E-state index is 0.524. The van der Waals surface area contributed by atoms with Crippen LogP contribution in [0.15, 0.2) is 10.2 Å². The third-order valence-corrected chi connectivity index (χ3v) is 7.32. The lowest BCUT2D eigenvalue weighted by atomic mass is 9.96. The van der Waals surface area contributed by atoms with E-state index in [1.807, 2.05) is 0 Å². The first-order valence-electron chi connectivity index (χ1n) is 13.7. The summed E-state index contributed by atoms with van der Waals surface area (Å²) in [5.74, 6) is 0. The van der Waals surface area contributed by atoms with Crippen molar-refractivity contribution in [1.82, 2.24) is 21.5 Å². The molecule has 0 saturated heterocycles. The summed E-state index contributed by atoms with van der Waals surface area (Å²) in [5.41, 5.74) is 8.31. The highest BCUT2D eigenvalue weighted by molar-refractivity contribution is 7.80. The molecule has 0 bridgehead atoms. The quantitative estimate of drug-likeness (QED) is 0.0991. The number of unbranched alkanes of at least 4 members (excludes halogenated alkanes) is 5. The fraction of sp³-hybridized carbons (Fsp3) is 0.846. The van der Waals surface area contributed by atoms with Gasteiger partial charge in [0.2, 0.25) is 0 Å². The zero-order valence-electron chi connectivity index (χ0n) is 21.6. The summed E-state index contributed by atoms with van der Waals surface area (Å²) in [5, 5.41) is 17.0. The van der Waals surface area contributed by atoms with Crippen molar-refractivity contribution in [1.29, 1.82) is 0 Å². The number of rotatable bonds is 13. The minimum absolute atomic E-state index is 0.524. The first-order valence-corrected chi connectivity index (χ1v) is 14.5. The average Bonchev–Trinajstić information content (AvgIpc) is 2.84. The lowest BCUT2D eigenvalue weighted by Gasteiger charge is -2.23. The Kier molecular flexibility index (Phi) is 15.4. The third-order valence-electron chi connectivity index (χ3n) is 6.90. The molecule has 0 aromatic rings. The van der Waals surface area contributed by atoms with E-state index < -0.39 is 0 Å². The van der Waals surface area contributed by atoms with Gasteiger partial charge >= 0.3 is 0 Å². The van der Waals surface area contributed by atoms with Gasteiger partial charge < -0.3 is 10.6 Å². The zero-order valence-corrected chi connectivity index (χ0v) is 23.2. The molecule has 6 nitrogen and oxygen atoms in total. The van der Waals surface area contributed by atoms with Crippen LogP contribution in [-0.4, -0.2) is 33.7 Å². The highest BCUT2D eigenvalue weighted by Crippen LogP contribution is 2.18. The van der Waals surface area contributed by atoms with Gasteiger partial charge in [0.1, 0.15) is 0 Å². The summed E-state index contributed by atoms with van der Waals surface area (Å²) >= 11 is 10.8. The highest BCUT2D eigenvalue weighted by atomic mass is 32.1. The molecule has 2 aliphatic rings. The maximum absolute atomic E-state index is 5.38. The molecule has 194 valence electrons. The van der Waals surface area contributed by atoms with Gasteiger partial charge in [-0.1, -0.05) is 64.2 Å². The summed E-state index contributed by atoms with van der Waals surface area (Å²) in [6, 6.07) is 1.05. The van der Waals surface area contributed by atoms with Crippen LogP contribution < -0.4 is 21.5 Å². The summed E-state index contributed by atoms with van der Waals surface area (Å²) in [6.45, 7) is 4.17. The van der Waals surface area contributed by atoms with Gasteiger partial charge in [-0.15, -0.1) is 0 Å². The Balaban J connectivity index is 1.41. The van der Waals surface area contributed by atoms with Crippen molar-refractivity contribution in [3.8, 4) is 0 Å². The maximum Gasteiger partial charge on any atom is 0.187 e. The number of nitrogens with one attached hydrogen (secondary N) is 4. The minimum Gasteiger partial charge on any atom is -0.359 e. The molecule has 8 heteroatoms. The lowest BCUT2D eigenvalue weighted by Crippen LogP contribution is -2.41. The second-order valence-electron chi connectivity index (χ2n) is 10.2. The van der Waals surface area contributed by atoms with Crippen molar-refractivity contribution in [3.63, 3.8) is 0 Å². The van der Waals surface area contributed by atoms with E-state index in [1.54, 1.807) is 0 Å². The summed E-state index contributed by atoms with van der Waals surface area (Å²) in [7, 11) is 0. The molecule has 2 rings (SSSR count). The number of hydrazone groups is 2. The molecule has 0 aromatic heterocycles. The van der Waals surface area contributed by atoms with Crippen molar-refractivity contribution >= 4 is 46.1 Å². The number of hydrogen-bond donors (Lipinski definition) is 4. The van der Waals surface area contributed by atoms with Gasteiger partial charge in [0.05, 0.1) is 0 Å². The van der Waals surface area contributed by atoms with Crippen LogP contribution in [0.5, 0.6) is 0 Å². The van der Waals surface area contributed by atoms with Crippen molar-refractivity contribution in [2.45, 2.75) is 142 Å². The zero-order chi connectivity index (χ0) is 24.4. The van der Waals surface area contributed by atoms with E-state index in [0.29, 0.717) is 22.3 Å². The van der Waals surface area contributed by atoms with Crippen LogP contribution in [0.1, 0.15) is 129 Å². The largest absolute Gasteiger partial charge is 0.359 e. The smallest absolute Gasteiger partial charge is 0.187 e. The monoisotopic (exact) mass is 508 g/mol. The number of hydrogen-bond acceptors (Lipinski definition) is 4. The van der Waals surface area contributed by atoms with Gasteiger partial charge in [0.15, 0.2) is 10.2 Å². The molecule has 0 heterocycles. The Labute approximate surface area is 218 Å². The van der Waals surface area contributed by atoms with Crippen LogP contribution in [-0.2, 0) is 0 Å². The number of thiocarbonyl (C=S) groups is 2. The van der Waals surface area contributed by atoms with Crippen molar-refractivity contribution in [3.05, 3.63) is 0 Å². The van der Waals surface area contributed by atoms with Crippen molar-refractivity contribution in [2.24, 2.45) is 10.2 Å².